The Morgan fingerprint density at radius 2 is 1.59 bits per heavy atom. The van der Waals surface area contributed by atoms with Crippen molar-refractivity contribution in [3.8, 4) is 0 Å². The number of benzene rings is 3. The second-order valence-corrected chi connectivity index (χ2v) is 8.74. The van der Waals surface area contributed by atoms with Crippen LogP contribution in [0.1, 0.15) is 38.8 Å². The number of aryl methyl sites for hydroxylation is 2. The average Bonchev–Trinajstić information content (AvgIpc) is 3.09. The summed E-state index contributed by atoms with van der Waals surface area (Å²) in [5, 5.41) is 5.44. The van der Waals surface area contributed by atoms with Crippen molar-refractivity contribution < 1.29 is 23.9 Å². The van der Waals surface area contributed by atoms with E-state index in [0.29, 0.717) is 16.9 Å². The molecule has 37 heavy (non-hydrogen) atoms. The van der Waals surface area contributed by atoms with Crippen molar-refractivity contribution in [3.63, 3.8) is 0 Å². The normalized spacial score (nSPS) is 13.1. The molecule has 3 aromatic carbocycles. The molecule has 0 unspecified atom stereocenters. The predicted octanol–water partition coefficient (Wildman–Crippen LogP) is 5.17. The summed E-state index contributed by atoms with van der Waals surface area (Å²) in [4.78, 5) is 51.5. The molecule has 0 atom stereocenters. The highest BCUT2D eigenvalue weighted by Gasteiger charge is 2.39. The molecule has 0 spiro atoms. The lowest BCUT2D eigenvalue weighted by Gasteiger charge is -2.15. The number of carbonyl (C=O) groups excluding carboxylic acids is 4. The van der Waals surface area contributed by atoms with Gasteiger partial charge in [-0.05, 0) is 86.5 Å². The van der Waals surface area contributed by atoms with Gasteiger partial charge in [0, 0.05) is 16.9 Å². The van der Waals surface area contributed by atoms with E-state index in [1.807, 2.05) is 32.0 Å². The number of amides is 3. The van der Waals surface area contributed by atoms with Crippen LogP contribution in [-0.2, 0) is 14.3 Å². The van der Waals surface area contributed by atoms with Gasteiger partial charge in [0.25, 0.3) is 17.7 Å². The number of hydrogen-bond donors (Lipinski definition) is 2. The van der Waals surface area contributed by atoms with Crippen LogP contribution in [-0.4, -0.2) is 30.3 Å². The van der Waals surface area contributed by atoms with Gasteiger partial charge in [-0.1, -0.05) is 23.7 Å². The molecular weight excluding hydrogens is 494 g/mol. The van der Waals surface area contributed by atoms with Crippen molar-refractivity contribution in [1.82, 2.24) is 0 Å². The third-order valence-corrected chi connectivity index (χ3v) is 6.17. The van der Waals surface area contributed by atoms with Crippen LogP contribution >= 0.6 is 11.6 Å². The number of hydrogen-bond acceptors (Lipinski definition) is 6. The Kier molecular flexibility index (Phi) is 7.40. The zero-order chi connectivity index (χ0) is 26.7. The molecule has 0 saturated heterocycles. The van der Waals surface area contributed by atoms with E-state index in [1.165, 1.54) is 24.3 Å². The maximum Gasteiger partial charge on any atom is 0.338 e. The lowest BCUT2D eigenvalue weighted by Crippen LogP contribution is -2.32. The minimum absolute atomic E-state index is 0.118. The number of halogens is 1. The van der Waals surface area contributed by atoms with Gasteiger partial charge in [-0.15, -0.1) is 0 Å². The Balaban J connectivity index is 1.50. The van der Waals surface area contributed by atoms with Crippen molar-refractivity contribution in [2.24, 2.45) is 0 Å². The van der Waals surface area contributed by atoms with Crippen molar-refractivity contribution in [2.75, 3.05) is 22.1 Å². The van der Waals surface area contributed by atoms with Gasteiger partial charge in [-0.25, -0.2) is 9.69 Å². The molecule has 9 heteroatoms. The van der Waals surface area contributed by atoms with Gasteiger partial charge in [-0.2, -0.15) is 0 Å². The summed E-state index contributed by atoms with van der Waals surface area (Å²) < 4.78 is 4.95. The third-order valence-electron chi connectivity index (χ3n) is 5.82. The Hall–Kier alpha value is -4.43. The number of imide groups is 1. The molecule has 2 N–H and O–H groups in total. The van der Waals surface area contributed by atoms with Crippen LogP contribution < -0.4 is 15.5 Å². The van der Waals surface area contributed by atoms with Crippen LogP contribution in [0, 0.1) is 13.8 Å². The molecule has 3 aromatic rings. The summed E-state index contributed by atoms with van der Waals surface area (Å²) >= 11 is 6.23. The number of anilines is 3. The molecule has 0 fully saturated rings. The number of carbonyl (C=O) groups is 4. The first-order valence-corrected chi connectivity index (χ1v) is 11.9. The van der Waals surface area contributed by atoms with E-state index >= 15 is 0 Å². The van der Waals surface area contributed by atoms with E-state index < -0.39 is 17.8 Å². The molecule has 0 bridgehead atoms. The van der Waals surface area contributed by atoms with Crippen LogP contribution in [0.5, 0.6) is 0 Å². The molecule has 4 rings (SSSR count). The molecule has 3 amide bonds. The van der Waals surface area contributed by atoms with Crippen LogP contribution in [0.4, 0.5) is 17.1 Å². The van der Waals surface area contributed by atoms with Gasteiger partial charge < -0.3 is 15.4 Å². The predicted molar refractivity (Wildman–Crippen MR) is 142 cm³/mol. The van der Waals surface area contributed by atoms with Crippen molar-refractivity contribution >= 4 is 52.4 Å². The molecular formula is C28H24ClN3O5. The van der Waals surface area contributed by atoms with E-state index in [4.69, 9.17) is 16.3 Å². The smallest absolute Gasteiger partial charge is 0.338 e. The first kappa shape index (κ1) is 25.7. The molecule has 0 saturated carbocycles. The standard InChI is InChI=1S/C28H24ClN3O5/c1-4-37-28(36)18-9-12-22(13-10-18)32-26(34)23(29)24(27(32)35)30-20-7-5-6-19(15-20)25(33)31-21-11-8-16(2)17(3)14-21/h5-15,30H,4H2,1-3H3,(H,31,33). The second-order valence-electron chi connectivity index (χ2n) is 8.36. The zero-order valence-electron chi connectivity index (χ0n) is 20.4. The van der Waals surface area contributed by atoms with Crippen LogP contribution in [0.25, 0.3) is 0 Å². The Labute approximate surface area is 218 Å². The largest absolute Gasteiger partial charge is 0.462 e. The summed E-state index contributed by atoms with van der Waals surface area (Å²) in [5.74, 6) is -2.21. The molecule has 188 valence electrons. The highest BCUT2D eigenvalue weighted by molar-refractivity contribution is 6.53. The van der Waals surface area contributed by atoms with Gasteiger partial charge in [-0.3, -0.25) is 14.4 Å². The summed E-state index contributed by atoms with van der Waals surface area (Å²) in [5.41, 5.74) is 4.02. The number of rotatable bonds is 7. The number of nitrogens with zero attached hydrogens (tertiary/aromatic N) is 1. The summed E-state index contributed by atoms with van der Waals surface area (Å²) in [6.45, 7) is 5.88. The number of ether oxygens (including phenoxy) is 1. The van der Waals surface area contributed by atoms with Crippen LogP contribution in [0.2, 0.25) is 0 Å². The van der Waals surface area contributed by atoms with E-state index in [0.717, 1.165) is 16.0 Å². The Morgan fingerprint density at radius 3 is 2.27 bits per heavy atom. The highest BCUT2D eigenvalue weighted by atomic mass is 35.5. The van der Waals surface area contributed by atoms with Crippen LogP contribution in [0.3, 0.4) is 0 Å². The van der Waals surface area contributed by atoms with Gasteiger partial charge in [0.05, 0.1) is 17.9 Å². The first-order valence-electron chi connectivity index (χ1n) is 11.5. The zero-order valence-corrected chi connectivity index (χ0v) is 21.2. The molecule has 1 heterocycles. The van der Waals surface area contributed by atoms with E-state index in [9.17, 15) is 19.2 Å². The fraction of sp³-hybridized carbons (Fsp3) is 0.143. The molecule has 0 radical (unpaired) electrons. The number of nitrogens with one attached hydrogen (secondary N) is 2. The second kappa shape index (κ2) is 10.7. The van der Waals surface area contributed by atoms with Gasteiger partial charge in [0.2, 0.25) is 0 Å². The highest BCUT2D eigenvalue weighted by Crippen LogP contribution is 2.30. The Bertz CT molecular complexity index is 1450. The van der Waals surface area contributed by atoms with E-state index in [2.05, 4.69) is 10.6 Å². The summed E-state index contributed by atoms with van der Waals surface area (Å²) in [7, 11) is 0. The fourth-order valence-electron chi connectivity index (χ4n) is 3.71. The summed E-state index contributed by atoms with van der Waals surface area (Å²) in [6, 6.07) is 18.0. The minimum Gasteiger partial charge on any atom is -0.462 e. The molecule has 0 aromatic heterocycles. The topological polar surface area (TPSA) is 105 Å². The Morgan fingerprint density at radius 1 is 0.865 bits per heavy atom. The maximum absolute atomic E-state index is 13.1. The molecule has 1 aliphatic heterocycles. The average molecular weight is 518 g/mol. The van der Waals surface area contributed by atoms with E-state index in [-0.39, 0.29) is 34.5 Å². The van der Waals surface area contributed by atoms with Crippen molar-refractivity contribution in [3.05, 3.63) is 99.7 Å². The van der Waals surface area contributed by atoms with Crippen molar-refractivity contribution in [2.45, 2.75) is 20.8 Å². The maximum atomic E-state index is 13.1. The first-order chi connectivity index (χ1) is 17.7. The third kappa shape index (κ3) is 5.39. The monoisotopic (exact) mass is 517 g/mol. The van der Waals surface area contributed by atoms with Gasteiger partial charge >= 0.3 is 5.97 Å². The quantitative estimate of drug-likeness (QED) is 0.331. The summed E-state index contributed by atoms with van der Waals surface area (Å²) in [6.07, 6.45) is 0. The van der Waals surface area contributed by atoms with E-state index in [1.54, 1.807) is 31.2 Å². The van der Waals surface area contributed by atoms with Gasteiger partial charge in [0.15, 0.2) is 0 Å². The number of esters is 1. The minimum atomic E-state index is -0.707. The molecule has 0 aliphatic carbocycles. The SMILES string of the molecule is CCOC(=O)c1ccc(N2C(=O)C(Cl)=C(Nc3cccc(C(=O)Nc4ccc(C)c(C)c4)c3)C2=O)cc1. The molecule has 1 aliphatic rings. The lowest BCUT2D eigenvalue weighted by atomic mass is 10.1. The van der Waals surface area contributed by atoms with Crippen molar-refractivity contribution in [1.29, 1.82) is 0 Å². The fourth-order valence-corrected chi connectivity index (χ4v) is 3.92. The van der Waals surface area contributed by atoms with Gasteiger partial charge in [0.1, 0.15) is 10.7 Å². The molecule has 8 nitrogen and oxygen atoms in total. The van der Waals surface area contributed by atoms with Crippen LogP contribution in [0.15, 0.2) is 77.5 Å². The lowest BCUT2D eigenvalue weighted by molar-refractivity contribution is -0.120.